The number of nitrogens with one attached hydrogen (secondary N) is 1. The van der Waals surface area contributed by atoms with Crippen LogP contribution in [0.25, 0.3) is 5.65 Å². The molecule has 1 fully saturated rings. The van der Waals surface area contributed by atoms with Gasteiger partial charge in [-0.3, -0.25) is 0 Å². The summed E-state index contributed by atoms with van der Waals surface area (Å²) in [6.45, 7) is 2.16. The Morgan fingerprint density at radius 3 is 3.00 bits per heavy atom. The Hall–Kier alpha value is -1.62. The van der Waals surface area contributed by atoms with Crippen LogP contribution in [0.4, 0.5) is 5.95 Å². The van der Waals surface area contributed by atoms with Crippen molar-refractivity contribution in [2.45, 2.75) is 25.3 Å². The van der Waals surface area contributed by atoms with Crippen LogP contribution in [0.1, 0.15) is 18.4 Å². The van der Waals surface area contributed by atoms with Gasteiger partial charge >= 0.3 is 0 Å². The first-order valence-corrected chi connectivity index (χ1v) is 5.43. The van der Waals surface area contributed by atoms with Crippen LogP contribution >= 0.6 is 0 Å². The fraction of sp³-hybridized carbons (Fsp3) is 0.455. The summed E-state index contributed by atoms with van der Waals surface area (Å²) in [6, 6.07) is 3.94. The third kappa shape index (κ3) is 1.53. The third-order valence-corrected chi connectivity index (χ3v) is 3.01. The highest BCUT2D eigenvalue weighted by atomic mass is 16.3. The molecular formula is C11H14N4O. The second-order valence-electron chi connectivity index (χ2n) is 4.51. The average molecular weight is 218 g/mol. The highest BCUT2D eigenvalue weighted by molar-refractivity contribution is 5.46. The van der Waals surface area contributed by atoms with E-state index in [1.54, 1.807) is 4.52 Å². The number of aliphatic hydroxyl groups excluding tert-OH is 1. The molecule has 0 aliphatic heterocycles. The third-order valence-electron chi connectivity index (χ3n) is 3.01. The molecule has 0 saturated heterocycles. The average Bonchev–Trinajstić information content (AvgIpc) is 2.92. The molecule has 5 nitrogen and oxygen atoms in total. The molecule has 84 valence electrons. The highest BCUT2D eigenvalue weighted by Gasteiger charge is 2.42. The van der Waals surface area contributed by atoms with E-state index < -0.39 is 0 Å². The molecule has 2 aromatic heterocycles. The van der Waals surface area contributed by atoms with Crippen molar-refractivity contribution in [2.75, 3.05) is 11.9 Å². The Morgan fingerprint density at radius 1 is 1.50 bits per heavy atom. The second-order valence-corrected chi connectivity index (χ2v) is 4.51. The molecule has 0 amide bonds. The van der Waals surface area contributed by atoms with Gasteiger partial charge in [0.25, 0.3) is 0 Å². The van der Waals surface area contributed by atoms with Crippen molar-refractivity contribution in [3.05, 3.63) is 23.9 Å². The van der Waals surface area contributed by atoms with Gasteiger partial charge in [0.1, 0.15) is 0 Å². The summed E-state index contributed by atoms with van der Waals surface area (Å²) >= 11 is 0. The lowest BCUT2D eigenvalue weighted by atomic mass is 10.3. The van der Waals surface area contributed by atoms with Gasteiger partial charge in [-0.15, -0.1) is 5.10 Å². The Balaban J connectivity index is 1.93. The number of aromatic nitrogens is 3. The van der Waals surface area contributed by atoms with Crippen molar-refractivity contribution < 1.29 is 5.11 Å². The number of pyridine rings is 1. The van der Waals surface area contributed by atoms with E-state index in [1.807, 2.05) is 25.3 Å². The molecule has 1 aliphatic rings. The SMILES string of the molecule is Cc1ccc2nc(NC3(CO)CC3)nn2c1. The van der Waals surface area contributed by atoms with Crippen LogP contribution < -0.4 is 5.32 Å². The minimum Gasteiger partial charge on any atom is -0.394 e. The summed E-state index contributed by atoms with van der Waals surface area (Å²) in [5.74, 6) is 0.595. The van der Waals surface area contributed by atoms with Gasteiger partial charge in [0.2, 0.25) is 5.95 Å². The number of aryl methyl sites for hydroxylation is 1. The molecule has 16 heavy (non-hydrogen) atoms. The smallest absolute Gasteiger partial charge is 0.243 e. The molecule has 5 heteroatoms. The Morgan fingerprint density at radius 2 is 2.31 bits per heavy atom. The van der Waals surface area contributed by atoms with Gasteiger partial charge in [-0.25, -0.2) is 4.52 Å². The first-order valence-electron chi connectivity index (χ1n) is 5.43. The van der Waals surface area contributed by atoms with Crippen molar-refractivity contribution in [2.24, 2.45) is 0 Å². The quantitative estimate of drug-likeness (QED) is 0.806. The topological polar surface area (TPSA) is 62.5 Å². The highest BCUT2D eigenvalue weighted by Crippen LogP contribution is 2.37. The summed E-state index contributed by atoms with van der Waals surface area (Å²) in [4.78, 5) is 4.36. The number of aliphatic hydroxyl groups is 1. The summed E-state index contributed by atoms with van der Waals surface area (Å²) in [6.07, 6.45) is 3.90. The van der Waals surface area contributed by atoms with Gasteiger partial charge in [0.05, 0.1) is 12.1 Å². The molecule has 2 aromatic rings. The normalized spacial score (nSPS) is 17.6. The van der Waals surface area contributed by atoms with Crippen LogP contribution in [-0.4, -0.2) is 31.9 Å². The van der Waals surface area contributed by atoms with E-state index in [0.717, 1.165) is 24.1 Å². The molecule has 2 heterocycles. The zero-order chi connectivity index (χ0) is 11.2. The Bertz CT molecular complexity index is 530. The maximum atomic E-state index is 9.21. The largest absolute Gasteiger partial charge is 0.394 e. The van der Waals surface area contributed by atoms with Crippen molar-refractivity contribution in [3.63, 3.8) is 0 Å². The predicted molar refractivity (Wildman–Crippen MR) is 60.4 cm³/mol. The number of anilines is 1. The van der Waals surface area contributed by atoms with Crippen LogP contribution in [-0.2, 0) is 0 Å². The number of rotatable bonds is 3. The molecule has 0 bridgehead atoms. The molecule has 2 N–H and O–H groups in total. The lowest BCUT2D eigenvalue weighted by Gasteiger charge is -2.11. The Labute approximate surface area is 93.1 Å². The summed E-state index contributed by atoms with van der Waals surface area (Å²) < 4.78 is 1.76. The van der Waals surface area contributed by atoms with E-state index in [-0.39, 0.29) is 12.1 Å². The predicted octanol–water partition coefficient (Wildman–Crippen LogP) is 0.975. The van der Waals surface area contributed by atoms with Crippen molar-refractivity contribution in [3.8, 4) is 0 Å². The fourth-order valence-corrected chi connectivity index (χ4v) is 1.75. The van der Waals surface area contributed by atoms with E-state index in [4.69, 9.17) is 0 Å². The first-order chi connectivity index (χ1) is 7.71. The maximum Gasteiger partial charge on any atom is 0.243 e. The summed E-state index contributed by atoms with van der Waals surface area (Å²) in [5, 5.41) is 16.7. The van der Waals surface area contributed by atoms with Crippen LogP contribution in [0, 0.1) is 6.92 Å². The van der Waals surface area contributed by atoms with Crippen LogP contribution in [0.15, 0.2) is 18.3 Å². The summed E-state index contributed by atoms with van der Waals surface area (Å²) in [7, 11) is 0. The van der Waals surface area contributed by atoms with Crippen molar-refractivity contribution in [1.29, 1.82) is 0 Å². The Kier molecular flexibility index (Phi) is 1.91. The monoisotopic (exact) mass is 218 g/mol. The van der Waals surface area contributed by atoms with Crippen molar-refractivity contribution >= 4 is 11.6 Å². The number of nitrogens with zero attached hydrogens (tertiary/aromatic N) is 3. The summed E-state index contributed by atoms with van der Waals surface area (Å²) in [5.41, 5.74) is 1.80. The molecule has 0 atom stereocenters. The van der Waals surface area contributed by atoms with Gasteiger partial charge in [0, 0.05) is 6.20 Å². The minimum atomic E-state index is -0.167. The molecule has 0 aromatic carbocycles. The number of hydrogen-bond acceptors (Lipinski definition) is 4. The molecule has 1 saturated carbocycles. The van der Waals surface area contributed by atoms with Crippen LogP contribution in [0.2, 0.25) is 0 Å². The van der Waals surface area contributed by atoms with E-state index >= 15 is 0 Å². The van der Waals surface area contributed by atoms with Crippen LogP contribution in [0.5, 0.6) is 0 Å². The minimum absolute atomic E-state index is 0.140. The molecule has 3 rings (SSSR count). The van der Waals surface area contributed by atoms with Gasteiger partial charge < -0.3 is 10.4 Å². The molecule has 0 spiro atoms. The van der Waals surface area contributed by atoms with Gasteiger partial charge in [-0.2, -0.15) is 4.98 Å². The lowest BCUT2D eigenvalue weighted by Crippen LogP contribution is -2.26. The zero-order valence-electron chi connectivity index (χ0n) is 9.14. The van der Waals surface area contributed by atoms with Crippen molar-refractivity contribution in [1.82, 2.24) is 14.6 Å². The number of hydrogen-bond donors (Lipinski definition) is 2. The van der Waals surface area contributed by atoms with Gasteiger partial charge in [0.15, 0.2) is 5.65 Å². The lowest BCUT2D eigenvalue weighted by molar-refractivity contribution is 0.265. The van der Waals surface area contributed by atoms with E-state index in [1.165, 1.54) is 0 Å². The molecular weight excluding hydrogens is 204 g/mol. The second kappa shape index (κ2) is 3.18. The standard InChI is InChI=1S/C11H14N4O/c1-8-2-3-9-12-10(14-15(9)6-8)13-11(7-16)4-5-11/h2-3,6,16H,4-5,7H2,1H3,(H,13,14). The zero-order valence-corrected chi connectivity index (χ0v) is 9.14. The molecule has 0 unspecified atom stereocenters. The van der Waals surface area contributed by atoms with E-state index in [0.29, 0.717) is 5.95 Å². The molecule has 1 aliphatic carbocycles. The van der Waals surface area contributed by atoms with Crippen LogP contribution in [0.3, 0.4) is 0 Å². The van der Waals surface area contributed by atoms with Gasteiger partial charge in [-0.05, 0) is 31.4 Å². The fourth-order valence-electron chi connectivity index (χ4n) is 1.75. The molecule has 0 radical (unpaired) electrons. The maximum absolute atomic E-state index is 9.21. The van der Waals surface area contributed by atoms with E-state index in [2.05, 4.69) is 15.4 Å². The van der Waals surface area contributed by atoms with E-state index in [9.17, 15) is 5.11 Å². The first kappa shape index (κ1) is 9.59. The number of fused-ring (bicyclic) bond motifs is 1. The van der Waals surface area contributed by atoms with Gasteiger partial charge in [-0.1, -0.05) is 6.07 Å².